The molecular formula is C14H16ClN3O2S2. The van der Waals surface area contributed by atoms with E-state index in [1.165, 1.54) is 11.8 Å². The Labute approximate surface area is 142 Å². The highest BCUT2D eigenvalue weighted by atomic mass is 35.5. The number of thioether (sulfide) groups is 2. The maximum atomic E-state index is 11.8. The first-order valence-corrected chi connectivity index (χ1v) is 9.39. The van der Waals surface area contributed by atoms with Crippen LogP contribution in [-0.4, -0.2) is 28.1 Å². The number of rotatable bonds is 8. The van der Waals surface area contributed by atoms with Gasteiger partial charge in [-0.25, -0.2) is 0 Å². The number of nitrogens with one attached hydrogen (secondary N) is 1. The summed E-state index contributed by atoms with van der Waals surface area (Å²) in [4.78, 5) is 11.8. The first-order valence-electron chi connectivity index (χ1n) is 6.63. The van der Waals surface area contributed by atoms with E-state index in [4.69, 9.17) is 16.0 Å². The van der Waals surface area contributed by atoms with Gasteiger partial charge in [0.2, 0.25) is 11.8 Å². The van der Waals surface area contributed by atoms with E-state index in [0.717, 1.165) is 5.56 Å². The van der Waals surface area contributed by atoms with Gasteiger partial charge in [0.25, 0.3) is 5.22 Å². The summed E-state index contributed by atoms with van der Waals surface area (Å²) >= 11 is 9.04. The number of carbonyl (C=O) groups excluding carboxylic acids is 1. The van der Waals surface area contributed by atoms with E-state index < -0.39 is 0 Å². The third-order valence-corrected chi connectivity index (χ3v) is 4.43. The molecule has 0 atom stereocenters. The van der Waals surface area contributed by atoms with Gasteiger partial charge in [0.1, 0.15) is 0 Å². The lowest BCUT2D eigenvalue weighted by Crippen LogP contribution is -2.23. The van der Waals surface area contributed by atoms with Gasteiger partial charge >= 0.3 is 0 Å². The van der Waals surface area contributed by atoms with Crippen LogP contribution >= 0.6 is 35.1 Å². The molecule has 22 heavy (non-hydrogen) atoms. The number of hydrogen-bond acceptors (Lipinski definition) is 6. The summed E-state index contributed by atoms with van der Waals surface area (Å²) in [6.07, 6.45) is 2.36. The van der Waals surface area contributed by atoms with Crippen LogP contribution in [0, 0.1) is 0 Å². The fourth-order valence-corrected chi connectivity index (χ4v) is 2.92. The molecule has 0 unspecified atom stereocenters. The van der Waals surface area contributed by atoms with Crippen molar-refractivity contribution in [1.82, 2.24) is 15.5 Å². The Hall–Kier alpha value is -1.18. The van der Waals surface area contributed by atoms with E-state index >= 15 is 0 Å². The normalized spacial score (nSPS) is 10.6. The zero-order valence-corrected chi connectivity index (χ0v) is 14.4. The topological polar surface area (TPSA) is 68.0 Å². The van der Waals surface area contributed by atoms with Crippen LogP contribution in [0.1, 0.15) is 17.9 Å². The molecule has 8 heteroatoms. The van der Waals surface area contributed by atoms with Crippen molar-refractivity contribution in [2.45, 2.75) is 23.9 Å². The Morgan fingerprint density at radius 2 is 2.18 bits per heavy atom. The van der Waals surface area contributed by atoms with Crippen LogP contribution in [0.4, 0.5) is 0 Å². The first-order chi connectivity index (χ1) is 10.7. The summed E-state index contributed by atoms with van der Waals surface area (Å²) in [5.74, 6) is 1.87. The monoisotopic (exact) mass is 357 g/mol. The number of benzene rings is 1. The van der Waals surface area contributed by atoms with Gasteiger partial charge in [0.05, 0.1) is 5.75 Å². The molecule has 1 aromatic carbocycles. The lowest BCUT2D eigenvalue weighted by atomic mass is 10.2. The minimum Gasteiger partial charge on any atom is -0.415 e. The van der Waals surface area contributed by atoms with Crippen molar-refractivity contribution < 1.29 is 9.21 Å². The number of carbonyl (C=O) groups is 1. The molecule has 0 saturated heterocycles. The SMILES string of the molecule is CSCc1nnc(SCCC(=O)NCc2ccccc2Cl)o1. The van der Waals surface area contributed by atoms with Crippen molar-refractivity contribution >= 4 is 41.0 Å². The van der Waals surface area contributed by atoms with Gasteiger partial charge in [-0.2, -0.15) is 11.8 Å². The lowest BCUT2D eigenvalue weighted by molar-refractivity contribution is -0.120. The molecule has 0 aliphatic carbocycles. The third kappa shape index (κ3) is 5.55. The summed E-state index contributed by atoms with van der Waals surface area (Å²) in [6, 6.07) is 7.45. The van der Waals surface area contributed by atoms with Gasteiger partial charge in [-0.3, -0.25) is 4.79 Å². The molecule has 118 valence electrons. The molecule has 2 rings (SSSR count). The Morgan fingerprint density at radius 1 is 1.36 bits per heavy atom. The van der Waals surface area contributed by atoms with Crippen molar-refractivity contribution in [3.63, 3.8) is 0 Å². The highest BCUT2D eigenvalue weighted by Gasteiger charge is 2.08. The van der Waals surface area contributed by atoms with Crippen molar-refractivity contribution in [2.24, 2.45) is 0 Å². The quantitative estimate of drug-likeness (QED) is 0.730. The molecule has 0 aliphatic heterocycles. The van der Waals surface area contributed by atoms with Crippen LogP contribution in [0.5, 0.6) is 0 Å². The third-order valence-electron chi connectivity index (χ3n) is 2.70. The molecule has 0 fully saturated rings. The smallest absolute Gasteiger partial charge is 0.276 e. The molecular weight excluding hydrogens is 342 g/mol. The Bertz CT molecular complexity index is 622. The molecule has 1 N–H and O–H groups in total. The van der Waals surface area contributed by atoms with Crippen LogP contribution in [0.2, 0.25) is 5.02 Å². The Balaban J connectivity index is 1.68. The van der Waals surface area contributed by atoms with Crippen LogP contribution in [0.25, 0.3) is 0 Å². The Kier molecular flexibility index (Phi) is 7.08. The van der Waals surface area contributed by atoms with E-state index in [1.54, 1.807) is 17.8 Å². The predicted molar refractivity (Wildman–Crippen MR) is 90.2 cm³/mol. The molecule has 1 amide bonds. The molecule has 1 aromatic heterocycles. The van der Waals surface area contributed by atoms with E-state index in [2.05, 4.69) is 15.5 Å². The molecule has 5 nitrogen and oxygen atoms in total. The zero-order valence-electron chi connectivity index (χ0n) is 12.0. The highest BCUT2D eigenvalue weighted by Crippen LogP contribution is 2.19. The summed E-state index contributed by atoms with van der Waals surface area (Å²) in [6.45, 7) is 0.432. The average molecular weight is 358 g/mol. The molecule has 2 aromatic rings. The van der Waals surface area contributed by atoms with Gasteiger partial charge in [0.15, 0.2) is 0 Å². The van der Waals surface area contributed by atoms with Gasteiger partial charge in [0, 0.05) is 23.7 Å². The maximum absolute atomic E-state index is 11.8. The second-order valence-corrected chi connectivity index (χ2v) is 6.68. The molecule has 0 aliphatic rings. The minimum atomic E-state index is -0.0312. The van der Waals surface area contributed by atoms with Crippen LogP contribution in [0.15, 0.2) is 33.9 Å². The van der Waals surface area contributed by atoms with E-state index in [0.29, 0.717) is 40.6 Å². The fourth-order valence-electron chi connectivity index (χ4n) is 1.63. The first kappa shape index (κ1) is 17.2. The van der Waals surface area contributed by atoms with Gasteiger partial charge in [-0.15, -0.1) is 10.2 Å². The minimum absolute atomic E-state index is 0.0312. The van der Waals surface area contributed by atoms with Crippen LogP contribution in [0.3, 0.4) is 0 Å². The van der Waals surface area contributed by atoms with Crippen molar-refractivity contribution in [3.05, 3.63) is 40.7 Å². The van der Waals surface area contributed by atoms with Crippen LogP contribution in [-0.2, 0) is 17.1 Å². The number of nitrogens with zero attached hydrogens (tertiary/aromatic N) is 2. The number of hydrogen-bond donors (Lipinski definition) is 1. The summed E-state index contributed by atoms with van der Waals surface area (Å²) in [5, 5.41) is 11.8. The van der Waals surface area contributed by atoms with Crippen molar-refractivity contribution in [1.29, 1.82) is 0 Å². The number of halogens is 1. The average Bonchev–Trinajstić information content (AvgIpc) is 2.94. The molecule has 0 saturated carbocycles. The van der Waals surface area contributed by atoms with E-state index in [1.807, 2.05) is 24.5 Å². The number of amides is 1. The fraction of sp³-hybridized carbons (Fsp3) is 0.357. The second kappa shape index (κ2) is 9.07. The van der Waals surface area contributed by atoms with Crippen molar-refractivity contribution in [3.8, 4) is 0 Å². The number of aromatic nitrogens is 2. The molecule has 0 radical (unpaired) electrons. The van der Waals surface area contributed by atoms with E-state index in [-0.39, 0.29) is 5.91 Å². The summed E-state index contributed by atoms with van der Waals surface area (Å²) in [7, 11) is 0. The van der Waals surface area contributed by atoms with Gasteiger partial charge in [-0.05, 0) is 17.9 Å². The summed E-state index contributed by atoms with van der Waals surface area (Å²) < 4.78 is 5.42. The summed E-state index contributed by atoms with van der Waals surface area (Å²) in [5.41, 5.74) is 0.906. The maximum Gasteiger partial charge on any atom is 0.276 e. The second-order valence-electron chi connectivity index (χ2n) is 4.36. The highest BCUT2D eigenvalue weighted by molar-refractivity contribution is 7.99. The zero-order chi connectivity index (χ0) is 15.8. The predicted octanol–water partition coefficient (Wildman–Crippen LogP) is 3.38. The van der Waals surface area contributed by atoms with Crippen LogP contribution < -0.4 is 5.32 Å². The molecule has 0 spiro atoms. The van der Waals surface area contributed by atoms with Gasteiger partial charge in [-0.1, -0.05) is 41.6 Å². The molecule has 1 heterocycles. The Morgan fingerprint density at radius 3 is 2.95 bits per heavy atom. The lowest BCUT2D eigenvalue weighted by Gasteiger charge is -2.06. The van der Waals surface area contributed by atoms with E-state index in [9.17, 15) is 4.79 Å². The molecule has 0 bridgehead atoms. The van der Waals surface area contributed by atoms with Gasteiger partial charge < -0.3 is 9.73 Å². The van der Waals surface area contributed by atoms with Crippen molar-refractivity contribution in [2.75, 3.05) is 12.0 Å². The largest absolute Gasteiger partial charge is 0.415 e. The standard InChI is InChI=1S/C14H16ClN3O2S2/c1-21-9-13-17-18-14(20-13)22-7-6-12(19)16-8-10-4-2-3-5-11(10)15/h2-5H,6-9H2,1H3,(H,16,19).